The highest BCUT2D eigenvalue weighted by molar-refractivity contribution is 6.07. The van der Waals surface area contributed by atoms with Crippen LogP contribution >= 0.6 is 0 Å². The minimum atomic E-state index is -0.290. The molecule has 0 bridgehead atoms. The summed E-state index contributed by atoms with van der Waals surface area (Å²) >= 11 is 0. The molecule has 0 radical (unpaired) electrons. The Morgan fingerprint density at radius 3 is 2.50 bits per heavy atom. The molecule has 0 fully saturated rings. The van der Waals surface area contributed by atoms with Crippen LogP contribution in [-0.4, -0.2) is 39.0 Å². The molecule has 3 rings (SSSR count). The van der Waals surface area contributed by atoms with E-state index < -0.39 is 0 Å². The third kappa shape index (κ3) is 3.11. The van der Waals surface area contributed by atoms with Gasteiger partial charge in [-0.1, -0.05) is 0 Å². The quantitative estimate of drug-likeness (QED) is 0.628. The molecule has 0 spiro atoms. The highest BCUT2D eigenvalue weighted by Crippen LogP contribution is 2.49. The highest BCUT2D eigenvalue weighted by atomic mass is 16.7. The SMILES string of the molecule is COc1ccc(C(=O)/C=C/c2cc3c(c(OC)c2OC)OCO3)cc1O. The third-order valence-electron chi connectivity index (χ3n) is 3.89. The molecule has 1 heterocycles. The zero-order valence-electron chi connectivity index (χ0n) is 14.6. The highest BCUT2D eigenvalue weighted by Gasteiger charge is 2.25. The van der Waals surface area contributed by atoms with Crippen LogP contribution in [0.3, 0.4) is 0 Å². The van der Waals surface area contributed by atoms with Crippen LogP contribution in [0.25, 0.3) is 6.08 Å². The van der Waals surface area contributed by atoms with E-state index in [0.717, 1.165) is 0 Å². The fraction of sp³-hybridized carbons (Fsp3) is 0.211. The van der Waals surface area contributed by atoms with Crippen molar-refractivity contribution in [3.8, 4) is 34.5 Å². The first-order chi connectivity index (χ1) is 12.6. The monoisotopic (exact) mass is 358 g/mol. The number of carbonyl (C=O) groups is 1. The van der Waals surface area contributed by atoms with Crippen molar-refractivity contribution in [3.05, 3.63) is 41.5 Å². The molecule has 7 heteroatoms. The minimum absolute atomic E-state index is 0.0894. The molecule has 0 aliphatic carbocycles. The van der Waals surface area contributed by atoms with Gasteiger partial charge >= 0.3 is 0 Å². The number of carbonyl (C=O) groups excluding carboxylic acids is 1. The fourth-order valence-electron chi connectivity index (χ4n) is 2.64. The fourth-order valence-corrected chi connectivity index (χ4v) is 2.64. The Hall–Kier alpha value is -3.35. The lowest BCUT2D eigenvalue weighted by Crippen LogP contribution is -1.97. The van der Waals surface area contributed by atoms with E-state index in [1.165, 1.54) is 39.5 Å². The van der Waals surface area contributed by atoms with Gasteiger partial charge in [0, 0.05) is 11.1 Å². The number of hydrogen-bond acceptors (Lipinski definition) is 7. The van der Waals surface area contributed by atoms with Crippen molar-refractivity contribution in [2.75, 3.05) is 28.1 Å². The van der Waals surface area contributed by atoms with Gasteiger partial charge in [0.25, 0.3) is 0 Å². The normalized spacial score (nSPS) is 12.3. The molecule has 1 aliphatic heterocycles. The number of phenols is 1. The standard InChI is InChI=1S/C19H18O7/c1-22-15-7-5-11(8-14(15)21)13(20)6-4-12-9-16-18(26-10-25-16)19(24-3)17(12)23-2/h4-9,21H,10H2,1-3H3/b6-4+. The Morgan fingerprint density at radius 2 is 1.85 bits per heavy atom. The molecule has 0 saturated carbocycles. The molecule has 0 saturated heterocycles. The number of phenolic OH excluding ortho intramolecular Hbond substituents is 1. The molecule has 0 aromatic heterocycles. The molecular weight excluding hydrogens is 340 g/mol. The summed E-state index contributed by atoms with van der Waals surface area (Å²) in [5.41, 5.74) is 0.922. The minimum Gasteiger partial charge on any atom is -0.504 e. The molecule has 2 aromatic rings. The number of allylic oxidation sites excluding steroid dienone is 1. The summed E-state index contributed by atoms with van der Waals surface area (Å²) in [5, 5.41) is 9.81. The number of hydrogen-bond donors (Lipinski definition) is 1. The molecule has 7 nitrogen and oxygen atoms in total. The van der Waals surface area contributed by atoms with Crippen molar-refractivity contribution in [1.82, 2.24) is 0 Å². The smallest absolute Gasteiger partial charge is 0.231 e. The van der Waals surface area contributed by atoms with E-state index in [2.05, 4.69) is 0 Å². The van der Waals surface area contributed by atoms with Gasteiger partial charge in [0.05, 0.1) is 21.3 Å². The zero-order valence-corrected chi connectivity index (χ0v) is 14.6. The number of aromatic hydroxyl groups is 1. The molecule has 0 amide bonds. The number of fused-ring (bicyclic) bond motifs is 1. The van der Waals surface area contributed by atoms with Crippen molar-refractivity contribution in [1.29, 1.82) is 0 Å². The molecule has 0 unspecified atom stereocenters. The van der Waals surface area contributed by atoms with Crippen molar-refractivity contribution in [3.63, 3.8) is 0 Å². The van der Waals surface area contributed by atoms with E-state index in [1.54, 1.807) is 18.2 Å². The van der Waals surface area contributed by atoms with Crippen LogP contribution < -0.4 is 23.7 Å². The van der Waals surface area contributed by atoms with Crippen molar-refractivity contribution in [2.24, 2.45) is 0 Å². The van der Waals surface area contributed by atoms with Crippen LogP contribution in [0, 0.1) is 0 Å². The predicted octanol–water partition coefficient (Wildman–Crippen LogP) is 3.04. The second kappa shape index (κ2) is 7.26. The third-order valence-corrected chi connectivity index (χ3v) is 3.89. The predicted molar refractivity (Wildman–Crippen MR) is 93.7 cm³/mol. The van der Waals surface area contributed by atoms with E-state index >= 15 is 0 Å². The largest absolute Gasteiger partial charge is 0.504 e. The maximum absolute atomic E-state index is 12.4. The summed E-state index contributed by atoms with van der Waals surface area (Å²) in [5.74, 6) is 1.71. The van der Waals surface area contributed by atoms with Gasteiger partial charge in [-0.25, -0.2) is 0 Å². The average Bonchev–Trinajstić information content (AvgIpc) is 3.12. The van der Waals surface area contributed by atoms with Crippen molar-refractivity contribution < 1.29 is 33.6 Å². The number of ether oxygens (including phenoxy) is 5. The number of ketones is 1. The van der Waals surface area contributed by atoms with Crippen molar-refractivity contribution >= 4 is 11.9 Å². The van der Waals surface area contributed by atoms with Crippen LogP contribution in [0.15, 0.2) is 30.3 Å². The van der Waals surface area contributed by atoms with E-state index in [9.17, 15) is 9.90 Å². The van der Waals surface area contributed by atoms with Gasteiger partial charge in [-0.15, -0.1) is 0 Å². The Balaban J connectivity index is 1.93. The summed E-state index contributed by atoms with van der Waals surface area (Å²) in [6, 6.07) is 6.16. The molecule has 136 valence electrons. The van der Waals surface area contributed by atoms with E-state index in [0.29, 0.717) is 39.9 Å². The molecule has 0 atom stereocenters. The first-order valence-electron chi connectivity index (χ1n) is 7.73. The Kier molecular flexibility index (Phi) is 4.88. The molecule has 1 aliphatic rings. The molecule has 26 heavy (non-hydrogen) atoms. The van der Waals surface area contributed by atoms with Crippen LogP contribution in [-0.2, 0) is 0 Å². The van der Waals surface area contributed by atoms with E-state index in [4.69, 9.17) is 23.7 Å². The van der Waals surface area contributed by atoms with Gasteiger partial charge in [-0.3, -0.25) is 4.79 Å². The first-order valence-corrected chi connectivity index (χ1v) is 7.73. The van der Waals surface area contributed by atoms with Crippen LogP contribution in [0.4, 0.5) is 0 Å². The van der Waals surface area contributed by atoms with Gasteiger partial charge in [0.2, 0.25) is 18.3 Å². The van der Waals surface area contributed by atoms with Crippen LogP contribution in [0.1, 0.15) is 15.9 Å². The van der Waals surface area contributed by atoms with Gasteiger partial charge in [-0.2, -0.15) is 0 Å². The zero-order chi connectivity index (χ0) is 18.7. The van der Waals surface area contributed by atoms with Crippen LogP contribution in [0.2, 0.25) is 0 Å². The molecule has 1 N–H and O–H groups in total. The summed E-state index contributed by atoms with van der Waals surface area (Å²) in [7, 11) is 4.44. The lowest BCUT2D eigenvalue weighted by atomic mass is 10.1. The van der Waals surface area contributed by atoms with Gasteiger partial charge in [-0.05, 0) is 36.4 Å². The summed E-state index contributed by atoms with van der Waals surface area (Å²) < 4.78 is 26.5. The molecular formula is C19H18O7. The maximum Gasteiger partial charge on any atom is 0.231 e. The lowest BCUT2D eigenvalue weighted by Gasteiger charge is -2.12. The molecule has 2 aromatic carbocycles. The van der Waals surface area contributed by atoms with Gasteiger partial charge in [0.15, 0.2) is 28.8 Å². The van der Waals surface area contributed by atoms with E-state index in [-0.39, 0.29) is 18.3 Å². The topological polar surface area (TPSA) is 83.5 Å². The Bertz CT molecular complexity index is 871. The maximum atomic E-state index is 12.4. The second-order valence-electron chi connectivity index (χ2n) is 5.35. The van der Waals surface area contributed by atoms with Crippen molar-refractivity contribution in [2.45, 2.75) is 0 Å². The average molecular weight is 358 g/mol. The summed E-state index contributed by atoms with van der Waals surface area (Å²) in [6.07, 6.45) is 2.97. The number of methoxy groups -OCH3 is 3. The number of rotatable bonds is 6. The van der Waals surface area contributed by atoms with Gasteiger partial charge < -0.3 is 28.8 Å². The Morgan fingerprint density at radius 1 is 1.08 bits per heavy atom. The van der Waals surface area contributed by atoms with Crippen LogP contribution in [0.5, 0.6) is 34.5 Å². The second-order valence-corrected chi connectivity index (χ2v) is 5.35. The first kappa shape index (κ1) is 17.5. The summed E-state index contributed by atoms with van der Waals surface area (Å²) in [6.45, 7) is 0.0894. The summed E-state index contributed by atoms with van der Waals surface area (Å²) in [4.78, 5) is 12.4. The number of benzene rings is 2. The van der Waals surface area contributed by atoms with Gasteiger partial charge in [0.1, 0.15) is 0 Å². The Labute approximate surface area is 150 Å². The lowest BCUT2D eigenvalue weighted by molar-refractivity contribution is 0.104. The van der Waals surface area contributed by atoms with E-state index in [1.807, 2.05) is 0 Å².